The first-order valence-corrected chi connectivity index (χ1v) is 28.5. The standard InChI is InChI=1S/2C26H31Cl2NO5S.CH4/c2*1-5-22(16(2)35(4,33)34)29-24(17-9-11-19(27)12-10-17)21(18-7-6-8-20(28)13-18)14-26(3,25(29)32)15-23(30)31;/h2*6-13,16,21-22,24H,5,14-15H2,1-4H3,(H,30,31);1H4/t16-,21+,22-,24+,26+;16-,21-,22+,24-,26-;/m01./s1. The zero-order valence-electron chi connectivity index (χ0n) is 40.5. The number of nitrogens with zero attached hydrogens (tertiary/aromatic N) is 2. The van der Waals surface area contributed by atoms with E-state index in [1.165, 1.54) is 0 Å². The molecular formula is C53H66Cl4N2O10S2. The molecule has 0 radical (unpaired) electrons. The van der Waals surface area contributed by atoms with Crippen LogP contribution in [0.1, 0.15) is 134 Å². The van der Waals surface area contributed by atoms with E-state index in [1.807, 2.05) is 74.5 Å². The molecule has 10 atom stereocenters. The highest BCUT2D eigenvalue weighted by atomic mass is 35.5. The van der Waals surface area contributed by atoms with Crippen molar-refractivity contribution in [2.45, 2.75) is 134 Å². The molecule has 12 nitrogen and oxygen atoms in total. The fourth-order valence-electron chi connectivity index (χ4n) is 10.6. The van der Waals surface area contributed by atoms with Gasteiger partial charge in [-0.05, 0) is 110 Å². The Morgan fingerprint density at radius 1 is 0.577 bits per heavy atom. The molecule has 388 valence electrons. The van der Waals surface area contributed by atoms with Crippen LogP contribution in [0.15, 0.2) is 97.1 Å². The Bertz CT molecular complexity index is 2590. The van der Waals surface area contributed by atoms with Gasteiger partial charge in [0.25, 0.3) is 0 Å². The molecule has 18 heteroatoms. The molecule has 4 aromatic carbocycles. The van der Waals surface area contributed by atoms with Crippen molar-refractivity contribution >= 4 is 89.8 Å². The monoisotopic (exact) mass is 1090 g/mol. The van der Waals surface area contributed by atoms with Gasteiger partial charge in [-0.1, -0.05) is 130 Å². The number of hydrogen-bond donors (Lipinski definition) is 2. The second-order valence-corrected chi connectivity index (χ2v) is 26.0. The third-order valence-electron chi connectivity index (χ3n) is 14.2. The van der Waals surface area contributed by atoms with Crippen LogP contribution in [0.4, 0.5) is 0 Å². The number of hydrogen-bond acceptors (Lipinski definition) is 8. The lowest BCUT2D eigenvalue weighted by Gasteiger charge is -2.52. The van der Waals surface area contributed by atoms with Crippen LogP contribution in [0.25, 0.3) is 0 Å². The van der Waals surface area contributed by atoms with Crippen LogP contribution in [-0.4, -0.2) is 95.7 Å². The maximum absolute atomic E-state index is 14.1. The summed E-state index contributed by atoms with van der Waals surface area (Å²) in [6.07, 6.45) is 2.91. The molecule has 4 aromatic rings. The minimum Gasteiger partial charge on any atom is -0.481 e. The van der Waals surface area contributed by atoms with E-state index < -0.39 is 77.1 Å². The highest BCUT2D eigenvalue weighted by Crippen LogP contribution is 2.54. The van der Waals surface area contributed by atoms with E-state index >= 15 is 0 Å². The maximum Gasteiger partial charge on any atom is 0.304 e. The summed E-state index contributed by atoms with van der Waals surface area (Å²) < 4.78 is 50.5. The van der Waals surface area contributed by atoms with Crippen LogP contribution < -0.4 is 0 Å². The van der Waals surface area contributed by atoms with E-state index in [9.17, 15) is 46.2 Å². The van der Waals surface area contributed by atoms with Crippen LogP contribution in [0.3, 0.4) is 0 Å². The largest absolute Gasteiger partial charge is 0.481 e. The first-order valence-electron chi connectivity index (χ1n) is 23.1. The van der Waals surface area contributed by atoms with E-state index in [-0.39, 0.29) is 56.8 Å². The van der Waals surface area contributed by atoms with Gasteiger partial charge in [-0.25, -0.2) is 16.8 Å². The number of aliphatic carboxylic acids is 2. The van der Waals surface area contributed by atoms with Gasteiger partial charge in [-0.3, -0.25) is 19.2 Å². The van der Waals surface area contributed by atoms with Crippen molar-refractivity contribution in [3.05, 3.63) is 139 Å². The zero-order chi connectivity index (χ0) is 52.3. The predicted molar refractivity (Wildman–Crippen MR) is 284 cm³/mol. The highest BCUT2D eigenvalue weighted by Gasteiger charge is 2.55. The lowest BCUT2D eigenvalue weighted by Crippen LogP contribution is -2.59. The molecule has 0 aromatic heterocycles. The summed E-state index contributed by atoms with van der Waals surface area (Å²) in [5.74, 6) is -3.53. The van der Waals surface area contributed by atoms with E-state index in [4.69, 9.17) is 46.4 Å². The number of amides is 2. The molecule has 6 rings (SSSR count). The Labute approximate surface area is 439 Å². The Morgan fingerprint density at radius 3 is 1.14 bits per heavy atom. The summed E-state index contributed by atoms with van der Waals surface area (Å²) in [6, 6.07) is 26.5. The predicted octanol–water partition coefficient (Wildman–Crippen LogP) is 12.1. The van der Waals surface area contributed by atoms with Crippen LogP contribution in [0.2, 0.25) is 20.1 Å². The van der Waals surface area contributed by atoms with Crippen molar-refractivity contribution in [1.29, 1.82) is 0 Å². The first-order chi connectivity index (χ1) is 32.6. The lowest BCUT2D eigenvalue weighted by molar-refractivity contribution is -0.160. The van der Waals surface area contributed by atoms with E-state index in [0.717, 1.165) is 34.8 Å². The number of benzene rings is 4. The molecule has 0 unspecified atom stereocenters. The molecule has 2 heterocycles. The average Bonchev–Trinajstić information content (AvgIpc) is 3.26. The van der Waals surface area contributed by atoms with Gasteiger partial charge in [0, 0.05) is 56.5 Å². The van der Waals surface area contributed by atoms with Gasteiger partial charge in [0.05, 0.1) is 46.3 Å². The molecule has 0 spiro atoms. The number of carbonyl (C=O) groups is 4. The number of likely N-dealkylation sites (tertiary alicyclic amines) is 2. The fourth-order valence-corrected chi connectivity index (χ4v) is 13.0. The number of carbonyl (C=O) groups excluding carboxylic acids is 2. The normalized spacial score (nSPS) is 24.4. The van der Waals surface area contributed by atoms with E-state index in [2.05, 4.69) is 0 Å². The Morgan fingerprint density at radius 2 is 0.887 bits per heavy atom. The molecule has 2 aliphatic rings. The summed E-state index contributed by atoms with van der Waals surface area (Å²) in [5, 5.41) is 19.8. The topological polar surface area (TPSA) is 184 Å². The Hall–Kier alpha value is -4.18. The van der Waals surface area contributed by atoms with Crippen LogP contribution >= 0.6 is 46.4 Å². The Balaban J connectivity index is 0.000000304. The Kier molecular flexibility index (Phi) is 19.9. The molecule has 2 fully saturated rings. The van der Waals surface area contributed by atoms with Gasteiger partial charge < -0.3 is 20.0 Å². The zero-order valence-corrected chi connectivity index (χ0v) is 45.1. The summed E-state index contributed by atoms with van der Waals surface area (Å²) in [5.41, 5.74) is 0.842. The second kappa shape index (κ2) is 23.8. The second-order valence-electron chi connectivity index (χ2n) is 19.4. The van der Waals surface area contributed by atoms with Gasteiger partial charge in [-0.2, -0.15) is 0 Å². The number of piperidine rings is 2. The van der Waals surface area contributed by atoms with Crippen molar-refractivity contribution in [3.63, 3.8) is 0 Å². The minimum absolute atomic E-state index is 0. The van der Waals surface area contributed by atoms with Crippen LogP contribution in [0, 0.1) is 10.8 Å². The van der Waals surface area contributed by atoms with Gasteiger partial charge in [-0.15, -0.1) is 0 Å². The number of carboxylic acids is 2. The summed E-state index contributed by atoms with van der Waals surface area (Å²) >= 11 is 25.0. The molecule has 0 bridgehead atoms. The molecule has 2 aliphatic heterocycles. The molecule has 71 heavy (non-hydrogen) atoms. The van der Waals surface area contributed by atoms with Crippen molar-refractivity contribution in [2.75, 3.05) is 12.5 Å². The molecule has 2 amide bonds. The number of rotatable bonds is 16. The van der Waals surface area contributed by atoms with Gasteiger partial charge in [0.15, 0.2) is 19.7 Å². The SMILES string of the molecule is C.CC[C@@H]([C@@H](C)S(C)(=O)=O)N1C(=O)[C@@](C)(CC(=O)O)C[C@H](c2cccc(Cl)c2)[C@H]1c1ccc(Cl)cc1.CC[C@@H]([C@H](C)S(C)(=O)=O)N1C(=O)[C@@](C)(CC(=O)O)C[C@H](c2cccc(Cl)c2)[C@H]1c1ccc(Cl)cc1. The van der Waals surface area contributed by atoms with Crippen molar-refractivity contribution < 1.29 is 46.2 Å². The summed E-state index contributed by atoms with van der Waals surface area (Å²) in [6.45, 7) is 10.2. The molecule has 2 saturated heterocycles. The van der Waals surface area contributed by atoms with Crippen molar-refractivity contribution in [2.24, 2.45) is 10.8 Å². The summed E-state index contributed by atoms with van der Waals surface area (Å²) in [7, 11) is -7.00. The minimum atomic E-state index is -3.50. The van der Waals surface area contributed by atoms with Crippen molar-refractivity contribution in [1.82, 2.24) is 9.80 Å². The third kappa shape index (κ3) is 13.7. The van der Waals surface area contributed by atoms with Gasteiger partial charge in [0.1, 0.15) is 0 Å². The maximum atomic E-state index is 14.1. The van der Waals surface area contributed by atoms with Crippen molar-refractivity contribution in [3.8, 4) is 0 Å². The lowest BCUT2D eigenvalue weighted by atomic mass is 9.67. The average molecular weight is 1100 g/mol. The molecule has 2 N–H and O–H groups in total. The molecular weight excluding hydrogens is 1030 g/mol. The summed E-state index contributed by atoms with van der Waals surface area (Å²) in [4.78, 5) is 55.2. The van der Waals surface area contributed by atoms with Crippen LogP contribution in [-0.2, 0) is 38.9 Å². The molecule has 0 saturated carbocycles. The number of sulfone groups is 2. The van der Waals surface area contributed by atoms with E-state index in [0.29, 0.717) is 32.9 Å². The smallest absolute Gasteiger partial charge is 0.304 e. The highest BCUT2D eigenvalue weighted by molar-refractivity contribution is 7.91. The van der Waals surface area contributed by atoms with E-state index in [1.54, 1.807) is 73.9 Å². The number of halogens is 4. The van der Waals surface area contributed by atoms with Gasteiger partial charge >= 0.3 is 11.9 Å². The molecule has 0 aliphatic carbocycles. The van der Waals surface area contributed by atoms with Gasteiger partial charge in [0.2, 0.25) is 11.8 Å². The first kappa shape index (κ1) is 59.4. The van der Waals surface area contributed by atoms with Crippen LogP contribution in [0.5, 0.6) is 0 Å². The fraction of sp³-hybridized carbons (Fsp3) is 0.472. The number of carboxylic acid groups (broad SMARTS) is 2. The quantitative estimate of drug-likeness (QED) is 0.109. The third-order valence-corrected chi connectivity index (χ3v) is 18.6.